The van der Waals surface area contributed by atoms with Crippen LogP contribution in [0.5, 0.6) is 0 Å². The molecule has 1 aromatic heterocycles. The molecule has 0 radical (unpaired) electrons. The molecule has 0 bridgehead atoms. The summed E-state index contributed by atoms with van der Waals surface area (Å²) in [6.45, 7) is 1.94. The SMILES string of the molecule is CCOC(=O)C#Cc1cnn(C)c1C(=O)OC. The van der Waals surface area contributed by atoms with E-state index in [9.17, 15) is 9.59 Å². The Kier molecular flexibility index (Phi) is 4.29. The van der Waals surface area contributed by atoms with Gasteiger partial charge < -0.3 is 9.47 Å². The van der Waals surface area contributed by atoms with Gasteiger partial charge in [0.2, 0.25) is 0 Å². The number of rotatable bonds is 2. The molecule has 0 fully saturated rings. The minimum Gasteiger partial charge on any atom is -0.464 e. The van der Waals surface area contributed by atoms with E-state index >= 15 is 0 Å². The largest absolute Gasteiger partial charge is 0.464 e. The van der Waals surface area contributed by atoms with E-state index in [0.717, 1.165) is 0 Å². The van der Waals surface area contributed by atoms with E-state index in [2.05, 4.69) is 26.4 Å². The Morgan fingerprint density at radius 2 is 2.24 bits per heavy atom. The summed E-state index contributed by atoms with van der Waals surface area (Å²) < 4.78 is 10.6. The molecule has 90 valence electrons. The van der Waals surface area contributed by atoms with Crippen molar-refractivity contribution in [2.75, 3.05) is 13.7 Å². The average Bonchev–Trinajstić information content (AvgIpc) is 2.67. The van der Waals surface area contributed by atoms with Gasteiger partial charge in [0.25, 0.3) is 0 Å². The Bertz CT molecular complexity index is 493. The van der Waals surface area contributed by atoms with Crippen LogP contribution in [0.1, 0.15) is 23.0 Å². The number of nitrogens with zero attached hydrogens (tertiary/aromatic N) is 2. The normalized spacial score (nSPS) is 9.12. The monoisotopic (exact) mass is 236 g/mol. The van der Waals surface area contributed by atoms with Crippen LogP contribution in [0.3, 0.4) is 0 Å². The Hall–Kier alpha value is -2.29. The van der Waals surface area contributed by atoms with Gasteiger partial charge >= 0.3 is 11.9 Å². The minimum absolute atomic E-state index is 0.198. The number of carbonyl (C=O) groups is 2. The molecule has 6 nitrogen and oxygen atoms in total. The van der Waals surface area contributed by atoms with Crippen LogP contribution in [0.4, 0.5) is 0 Å². The predicted octanol–water partition coefficient (Wildman–Crippen LogP) is 0.121. The first kappa shape index (κ1) is 12.8. The molecule has 0 saturated carbocycles. The molecule has 1 aromatic rings. The van der Waals surface area contributed by atoms with Gasteiger partial charge in [0, 0.05) is 13.0 Å². The Morgan fingerprint density at radius 3 is 2.82 bits per heavy atom. The molecule has 0 atom stereocenters. The Morgan fingerprint density at radius 1 is 1.53 bits per heavy atom. The lowest BCUT2D eigenvalue weighted by Gasteiger charge is -1.99. The Balaban J connectivity index is 3.00. The first-order valence-corrected chi connectivity index (χ1v) is 4.89. The highest BCUT2D eigenvalue weighted by molar-refractivity contribution is 5.93. The summed E-state index contributed by atoms with van der Waals surface area (Å²) in [6.07, 6.45) is 1.39. The first-order chi connectivity index (χ1) is 8.10. The molecule has 0 saturated heterocycles. The topological polar surface area (TPSA) is 70.4 Å². The number of hydrogen-bond acceptors (Lipinski definition) is 5. The van der Waals surface area contributed by atoms with Crippen molar-refractivity contribution in [2.24, 2.45) is 7.05 Å². The van der Waals surface area contributed by atoms with Crippen molar-refractivity contribution in [1.29, 1.82) is 0 Å². The lowest BCUT2D eigenvalue weighted by atomic mass is 10.2. The van der Waals surface area contributed by atoms with Gasteiger partial charge in [0.05, 0.1) is 25.5 Å². The maximum absolute atomic E-state index is 11.4. The minimum atomic E-state index is -0.646. The number of hydrogen-bond donors (Lipinski definition) is 0. The summed E-state index contributed by atoms with van der Waals surface area (Å²) in [5.41, 5.74) is 0.525. The fourth-order valence-electron chi connectivity index (χ4n) is 1.15. The van der Waals surface area contributed by atoms with Crippen molar-refractivity contribution in [1.82, 2.24) is 9.78 Å². The summed E-state index contributed by atoms with van der Waals surface area (Å²) in [5, 5.41) is 3.87. The predicted molar refractivity (Wildman–Crippen MR) is 58.1 cm³/mol. The number of aromatic nitrogens is 2. The third-order valence-electron chi connectivity index (χ3n) is 1.89. The first-order valence-electron chi connectivity index (χ1n) is 4.89. The average molecular weight is 236 g/mol. The summed E-state index contributed by atoms with van der Waals surface area (Å²) >= 11 is 0. The second-order valence-corrected chi connectivity index (χ2v) is 2.99. The lowest BCUT2D eigenvalue weighted by Crippen LogP contribution is -2.10. The van der Waals surface area contributed by atoms with Crippen LogP contribution < -0.4 is 0 Å². The smallest absolute Gasteiger partial charge is 0.384 e. The van der Waals surface area contributed by atoms with E-state index in [0.29, 0.717) is 5.56 Å². The molecule has 0 aromatic carbocycles. The van der Waals surface area contributed by atoms with E-state index in [-0.39, 0.29) is 12.3 Å². The van der Waals surface area contributed by atoms with Gasteiger partial charge in [-0.1, -0.05) is 5.92 Å². The van der Waals surface area contributed by atoms with E-state index in [1.807, 2.05) is 0 Å². The van der Waals surface area contributed by atoms with Crippen molar-refractivity contribution in [3.8, 4) is 11.8 Å². The number of carbonyl (C=O) groups excluding carboxylic acids is 2. The van der Waals surface area contributed by atoms with Gasteiger partial charge in [-0.2, -0.15) is 5.10 Å². The summed E-state index contributed by atoms with van der Waals surface area (Å²) in [6, 6.07) is 0. The molecule has 0 aliphatic carbocycles. The van der Waals surface area contributed by atoms with E-state index in [1.165, 1.54) is 18.0 Å². The molecule has 0 unspecified atom stereocenters. The van der Waals surface area contributed by atoms with Gasteiger partial charge in [-0.25, -0.2) is 9.59 Å². The highest BCUT2D eigenvalue weighted by Gasteiger charge is 2.15. The number of ether oxygens (including phenoxy) is 2. The van der Waals surface area contributed by atoms with Crippen LogP contribution in [-0.4, -0.2) is 35.4 Å². The zero-order chi connectivity index (χ0) is 12.8. The second-order valence-electron chi connectivity index (χ2n) is 2.99. The highest BCUT2D eigenvalue weighted by atomic mass is 16.5. The van der Waals surface area contributed by atoms with Crippen molar-refractivity contribution >= 4 is 11.9 Å². The van der Waals surface area contributed by atoms with Crippen molar-refractivity contribution in [3.63, 3.8) is 0 Å². The second kappa shape index (κ2) is 5.70. The number of methoxy groups -OCH3 is 1. The fraction of sp³-hybridized carbons (Fsp3) is 0.364. The summed E-state index contributed by atoms with van der Waals surface area (Å²) in [7, 11) is 2.85. The standard InChI is InChI=1S/C11H12N2O4/c1-4-17-9(14)6-5-8-7-12-13(2)10(8)11(15)16-3/h7H,4H2,1-3H3. The fourth-order valence-corrected chi connectivity index (χ4v) is 1.15. The van der Waals surface area contributed by atoms with Crippen molar-refractivity contribution < 1.29 is 19.1 Å². The lowest BCUT2D eigenvalue weighted by molar-refractivity contribution is -0.136. The van der Waals surface area contributed by atoms with Gasteiger partial charge in [-0.05, 0) is 6.92 Å². The summed E-state index contributed by atoms with van der Waals surface area (Å²) in [4.78, 5) is 22.5. The molecule has 1 rings (SSSR count). The van der Waals surface area contributed by atoms with Gasteiger partial charge in [0.15, 0.2) is 5.69 Å². The van der Waals surface area contributed by atoms with Gasteiger partial charge in [-0.3, -0.25) is 4.68 Å². The zero-order valence-electron chi connectivity index (χ0n) is 9.81. The third-order valence-corrected chi connectivity index (χ3v) is 1.89. The van der Waals surface area contributed by atoms with Crippen LogP contribution in [0, 0.1) is 11.8 Å². The zero-order valence-corrected chi connectivity index (χ0v) is 9.81. The molecule has 0 N–H and O–H groups in total. The van der Waals surface area contributed by atoms with E-state index in [4.69, 9.17) is 0 Å². The van der Waals surface area contributed by atoms with Crippen LogP contribution in [0.25, 0.3) is 0 Å². The molecule has 0 spiro atoms. The molecule has 0 aliphatic heterocycles. The third kappa shape index (κ3) is 3.08. The molecular weight excluding hydrogens is 224 g/mol. The van der Waals surface area contributed by atoms with Gasteiger partial charge in [0.1, 0.15) is 0 Å². The van der Waals surface area contributed by atoms with Gasteiger partial charge in [-0.15, -0.1) is 0 Å². The Labute approximate surface area is 98.5 Å². The summed E-state index contributed by atoms with van der Waals surface area (Å²) in [5.74, 6) is 3.58. The maximum atomic E-state index is 11.4. The van der Waals surface area contributed by atoms with E-state index in [1.54, 1.807) is 14.0 Å². The molecule has 6 heteroatoms. The highest BCUT2D eigenvalue weighted by Crippen LogP contribution is 2.07. The maximum Gasteiger partial charge on any atom is 0.384 e. The molecule has 1 heterocycles. The molecule has 0 aliphatic rings. The number of aryl methyl sites for hydroxylation is 1. The van der Waals surface area contributed by atoms with Crippen LogP contribution in [-0.2, 0) is 21.3 Å². The van der Waals surface area contributed by atoms with E-state index < -0.39 is 11.9 Å². The van der Waals surface area contributed by atoms with Crippen molar-refractivity contribution in [3.05, 3.63) is 17.5 Å². The molecular formula is C11H12N2O4. The quantitative estimate of drug-likeness (QED) is 0.539. The molecule has 0 amide bonds. The van der Waals surface area contributed by atoms with Crippen LogP contribution in [0.2, 0.25) is 0 Å². The van der Waals surface area contributed by atoms with Crippen LogP contribution >= 0.6 is 0 Å². The molecule has 17 heavy (non-hydrogen) atoms. The van der Waals surface area contributed by atoms with Crippen LogP contribution in [0.15, 0.2) is 6.20 Å². The van der Waals surface area contributed by atoms with Crippen molar-refractivity contribution in [2.45, 2.75) is 6.92 Å². The number of esters is 2.